The molecule has 2 unspecified atom stereocenters. The largest absolute Gasteiger partial charge is 0.376 e. The van der Waals surface area contributed by atoms with Crippen molar-refractivity contribution in [3.63, 3.8) is 0 Å². The van der Waals surface area contributed by atoms with Crippen molar-refractivity contribution in [2.75, 3.05) is 32.8 Å². The molecule has 2 atom stereocenters. The molecule has 1 saturated carbocycles. The molecule has 21 heavy (non-hydrogen) atoms. The predicted molar refractivity (Wildman–Crippen MR) is 89.7 cm³/mol. The molecule has 2 rings (SSSR count). The van der Waals surface area contributed by atoms with Gasteiger partial charge in [-0.25, -0.2) is 0 Å². The molecule has 0 spiro atoms. The summed E-state index contributed by atoms with van der Waals surface area (Å²) in [6.45, 7) is 14.8. The molecule has 0 amide bonds. The van der Waals surface area contributed by atoms with Gasteiger partial charge in [-0.05, 0) is 44.1 Å². The van der Waals surface area contributed by atoms with Crippen molar-refractivity contribution in [1.82, 2.24) is 10.2 Å². The Labute approximate surface area is 131 Å². The van der Waals surface area contributed by atoms with Crippen molar-refractivity contribution >= 4 is 0 Å². The van der Waals surface area contributed by atoms with Gasteiger partial charge in [-0.3, -0.25) is 4.90 Å². The van der Waals surface area contributed by atoms with Gasteiger partial charge in [0.2, 0.25) is 0 Å². The molecule has 0 bridgehead atoms. The summed E-state index contributed by atoms with van der Waals surface area (Å²) in [5, 5.41) is 3.65. The van der Waals surface area contributed by atoms with Gasteiger partial charge < -0.3 is 10.1 Å². The van der Waals surface area contributed by atoms with Crippen LogP contribution in [0.5, 0.6) is 0 Å². The highest BCUT2D eigenvalue weighted by Gasteiger charge is 2.38. The lowest BCUT2D eigenvalue weighted by molar-refractivity contribution is -0.0741. The summed E-state index contributed by atoms with van der Waals surface area (Å²) >= 11 is 0. The fourth-order valence-corrected chi connectivity index (χ4v) is 4.07. The maximum Gasteiger partial charge on any atom is 0.0674 e. The maximum absolute atomic E-state index is 5.87. The third kappa shape index (κ3) is 4.67. The summed E-state index contributed by atoms with van der Waals surface area (Å²) in [6, 6.07) is 0.624. The standard InChI is InChI=1S/C18H36N2O/c1-5-17-12-21-16(4)11-20(17)14-18(13-19-6-2)9-7-15(3)8-10-18/h15-17,19H,5-14H2,1-4H3. The average molecular weight is 296 g/mol. The molecule has 2 aliphatic rings. The molecule has 2 fully saturated rings. The zero-order valence-electron chi connectivity index (χ0n) is 14.7. The van der Waals surface area contributed by atoms with E-state index in [4.69, 9.17) is 4.74 Å². The minimum atomic E-state index is 0.395. The van der Waals surface area contributed by atoms with E-state index < -0.39 is 0 Å². The van der Waals surface area contributed by atoms with Gasteiger partial charge in [0.15, 0.2) is 0 Å². The van der Waals surface area contributed by atoms with Gasteiger partial charge >= 0.3 is 0 Å². The number of hydrogen-bond acceptors (Lipinski definition) is 3. The van der Waals surface area contributed by atoms with Crippen LogP contribution in [0.2, 0.25) is 0 Å². The summed E-state index contributed by atoms with van der Waals surface area (Å²) in [5.74, 6) is 0.922. The van der Waals surface area contributed by atoms with Crippen LogP contribution in [0.1, 0.15) is 59.8 Å². The van der Waals surface area contributed by atoms with E-state index in [9.17, 15) is 0 Å². The first-order valence-corrected chi connectivity index (χ1v) is 9.15. The molecular formula is C18H36N2O. The first-order chi connectivity index (χ1) is 10.1. The molecule has 1 heterocycles. The van der Waals surface area contributed by atoms with Crippen molar-refractivity contribution < 1.29 is 4.74 Å². The van der Waals surface area contributed by atoms with Crippen LogP contribution in [0.3, 0.4) is 0 Å². The van der Waals surface area contributed by atoms with Crippen LogP contribution in [0.4, 0.5) is 0 Å². The molecule has 0 radical (unpaired) electrons. The molecule has 1 aliphatic carbocycles. The molecule has 0 aromatic heterocycles. The normalized spacial score (nSPS) is 38.6. The van der Waals surface area contributed by atoms with Gasteiger partial charge in [0.05, 0.1) is 12.7 Å². The Hall–Kier alpha value is -0.120. The lowest BCUT2D eigenvalue weighted by Gasteiger charge is -2.47. The SMILES string of the molecule is CCNCC1(CN2CC(C)OCC2CC)CCC(C)CC1. The Morgan fingerprint density at radius 2 is 1.90 bits per heavy atom. The first-order valence-electron chi connectivity index (χ1n) is 9.15. The van der Waals surface area contributed by atoms with Crippen molar-refractivity contribution in [2.24, 2.45) is 11.3 Å². The highest BCUT2D eigenvalue weighted by Crippen LogP contribution is 2.40. The molecule has 0 aromatic carbocycles. The number of hydrogen-bond donors (Lipinski definition) is 1. The predicted octanol–water partition coefficient (Wildman–Crippen LogP) is 3.29. The van der Waals surface area contributed by atoms with Crippen LogP contribution >= 0.6 is 0 Å². The zero-order valence-corrected chi connectivity index (χ0v) is 14.7. The van der Waals surface area contributed by atoms with E-state index in [-0.39, 0.29) is 0 Å². The molecular weight excluding hydrogens is 260 g/mol. The minimum Gasteiger partial charge on any atom is -0.376 e. The van der Waals surface area contributed by atoms with E-state index in [0.29, 0.717) is 17.6 Å². The second kappa shape index (κ2) is 7.94. The van der Waals surface area contributed by atoms with E-state index in [1.54, 1.807) is 0 Å². The van der Waals surface area contributed by atoms with E-state index >= 15 is 0 Å². The van der Waals surface area contributed by atoms with Crippen molar-refractivity contribution in [3.8, 4) is 0 Å². The Morgan fingerprint density at radius 1 is 1.19 bits per heavy atom. The van der Waals surface area contributed by atoms with Gasteiger partial charge in [0.25, 0.3) is 0 Å². The highest BCUT2D eigenvalue weighted by atomic mass is 16.5. The lowest BCUT2D eigenvalue weighted by atomic mass is 9.70. The topological polar surface area (TPSA) is 24.5 Å². The third-order valence-corrected chi connectivity index (χ3v) is 5.68. The summed E-state index contributed by atoms with van der Waals surface area (Å²) in [7, 11) is 0. The molecule has 1 N–H and O–H groups in total. The van der Waals surface area contributed by atoms with Crippen molar-refractivity contribution in [2.45, 2.75) is 71.9 Å². The number of nitrogens with zero attached hydrogens (tertiary/aromatic N) is 1. The first kappa shape index (κ1) is 17.2. The fourth-order valence-electron chi connectivity index (χ4n) is 4.07. The van der Waals surface area contributed by atoms with Gasteiger partial charge in [0.1, 0.15) is 0 Å². The summed E-state index contributed by atoms with van der Waals surface area (Å²) < 4.78 is 5.87. The maximum atomic E-state index is 5.87. The fraction of sp³-hybridized carbons (Fsp3) is 1.00. The van der Waals surface area contributed by atoms with E-state index in [1.165, 1.54) is 45.2 Å². The van der Waals surface area contributed by atoms with Gasteiger partial charge in [-0.2, -0.15) is 0 Å². The number of ether oxygens (including phenoxy) is 1. The average Bonchev–Trinajstić information content (AvgIpc) is 2.48. The Balaban J connectivity index is 2.02. The zero-order chi connectivity index (χ0) is 15.3. The number of nitrogens with one attached hydrogen (secondary N) is 1. The van der Waals surface area contributed by atoms with Crippen LogP contribution in [-0.4, -0.2) is 49.8 Å². The Kier molecular flexibility index (Phi) is 6.51. The van der Waals surface area contributed by atoms with Crippen LogP contribution in [0, 0.1) is 11.3 Å². The van der Waals surface area contributed by atoms with E-state index in [0.717, 1.165) is 25.6 Å². The van der Waals surface area contributed by atoms with Crippen LogP contribution in [-0.2, 0) is 4.74 Å². The van der Waals surface area contributed by atoms with Crippen LogP contribution in [0.25, 0.3) is 0 Å². The molecule has 0 aromatic rings. The molecule has 1 aliphatic heterocycles. The van der Waals surface area contributed by atoms with Gasteiger partial charge in [-0.1, -0.05) is 33.6 Å². The smallest absolute Gasteiger partial charge is 0.0674 e. The number of rotatable bonds is 6. The van der Waals surface area contributed by atoms with Crippen molar-refractivity contribution in [1.29, 1.82) is 0 Å². The monoisotopic (exact) mass is 296 g/mol. The molecule has 3 heteroatoms. The summed E-state index contributed by atoms with van der Waals surface area (Å²) in [5.41, 5.74) is 0.493. The number of morpholine rings is 1. The Morgan fingerprint density at radius 3 is 2.52 bits per heavy atom. The second-order valence-corrected chi connectivity index (χ2v) is 7.60. The van der Waals surface area contributed by atoms with E-state index in [2.05, 4.69) is 37.9 Å². The van der Waals surface area contributed by atoms with Crippen molar-refractivity contribution in [3.05, 3.63) is 0 Å². The summed E-state index contributed by atoms with van der Waals surface area (Å²) in [6.07, 6.45) is 7.20. The lowest BCUT2D eigenvalue weighted by Crippen LogP contribution is -2.54. The van der Waals surface area contributed by atoms with Gasteiger partial charge in [-0.15, -0.1) is 0 Å². The highest BCUT2D eigenvalue weighted by molar-refractivity contribution is 4.92. The summed E-state index contributed by atoms with van der Waals surface area (Å²) in [4.78, 5) is 2.74. The minimum absolute atomic E-state index is 0.395. The molecule has 1 saturated heterocycles. The molecule has 124 valence electrons. The second-order valence-electron chi connectivity index (χ2n) is 7.60. The third-order valence-electron chi connectivity index (χ3n) is 5.68. The Bertz CT molecular complexity index is 294. The van der Waals surface area contributed by atoms with Crippen LogP contribution in [0.15, 0.2) is 0 Å². The van der Waals surface area contributed by atoms with Crippen LogP contribution < -0.4 is 5.32 Å². The van der Waals surface area contributed by atoms with E-state index in [1.807, 2.05) is 0 Å². The van der Waals surface area contributed by atoms with Gasteiger partial charge in [0, 0.05) is 25.7 Å². The quantitative estimate of drug-likeness (QED) is 0.814. The molecule has 3 nitrogen and oxygen atoms in total.